The van der Waals surface area contributed by atoms with Gasteiger partial charge in [-0.05, 0) is 80.8 Å². The minimum atomic E-state index is -0.374. The van der Waals surface area contributed by atoms with Crippen molar-refractivity contribution in [3.05, 3.63) is 161 Å². The van der Waals surface area contributed by atoms with Crippen LogP contribution in [0, 0.1) is 5.92 Å². The first-order valence-corrected chi connectivity index (χ1v) is 13.2. The lowest BCUT2D eigenvalue weighted by Crippen LogP contribution is -2.31. The van der Waals surface area contributed by atoms with Crippen LogP contribution < -0.4 is 5.32 Å². The molecule has 0 fully saturated rings. The largest absolute Gasteiger partial charge is 0.359 e. The zero-order valence-electron chi connectivity index (χ0n) is 21.0. The molecule has 0 bridgehead atoms. The molecule has 37 heavy (non-hydrogen) atoms. The maximum Gasteiger partial charge on any atom is 0.0711 e. The highest BCUT2D eigenvalue weighted by molar-refractivity contribution is 5.89. The molecule has 7 rings (SSSR count). The van der Waals surface area contributed by atoms with Crippen LogP contribution in [0.15, 0.2) is 145 Å². The van der Waals surface area contributed by atoms with E-state index >= 15 is 0 Å². The highest BCUT2D eigenvalue weighted by Crippen LogP contribution is 2.57. The number of para-hydroxylation sites is 1. The number of benzene rings is 5. The molecule has 0 saturated carbocycles. The van der Waals surface area contributed by atoms with Crippen LogP contribution >= 0.6 is 0 Å². The van der Waals surface area contributed by atoms with E-state index in [0.29, 0.717) is 5.92 Å². The molecule has 0 radical (unpaired) electrons. The summed E-state index contributed by atoms with van der Waals surface area (Å²) in [5, 5.41) is 6.30. The number of fused-ring (bicyclic) bond motifs is 4. The van der Waals surface area contributed by atoms with E-state index in [1.807, 2.05) is 0 Å². The smallest absolute Gasteiger partial charge is 0.0711 e. The number of allylic oxidation sites excluding steroid dienone is 4. The SMILES string of the molecule is CC1CC=C(C2(c3ccc4ccccc4c3)c3ccccc3-c3ccccc32)C=C1Nc1ccccc1. The molecule has 2 aliphatic rings. The summed E-state index contributed by atoms with van der Waals surface area (Å²) in [6.45, 7) is 2.31. The predicted molar refractivity (Wildman–Crippen MR) is 156 cm³/mol. The first-order chi connectivity index (χ1) is 18.2. The minimum Gasteiger partial charge on any atom is -0.359 e. The molecule has 2 aliphatic carbocycles. The normalized spacial score (nSPS) is 17.5. The van der Waals surface area contributed by atoms with Crippen LogP contribution in [0.3, 0.4) is 0 Å². The van der Waals surface area contributed by atoms with Gasteiger partial charge in [0.25, 0.3) is 0 Å². The molecule has 0 aliphatic heterocycles. The van der Waals surface area contributed by atoms with E-state index in [-0.39, 0.29) is 5.41 Å². The fourth-order valence-electron chi connectivity index (χ4n) is 6.35. The van der Waals surface area contributed by atoms with Crippen molar-refractivity contribution in [2.75, 3.05) is 5.32 Å². The Morgan fingerprint density at radius 2 is 1.27 bits per heavy atom. The predicted octanol–water partition coefficient (Wildman–Crippen LogP) is 9.12. The van der Waals surface area contributed by atoms with Gasteiger partial charge in [-0.1, -0.05) is 116 Å². The summed E-state index contributed by atoms with van der Waals surface area (Å²) in [5.41, 5.74) is 10.1. The van der Waals surface area contributed by atoms with E-state index in [1.54, 1.807) is 0 Å². The molecule has 1 nitrogen and oxygen atoms in total. The van der Waals surface area contributed by atoms with Crippen molar-refractivity contribution in [1.82, 2.24) is 0 Å². The van der Waals surface area contributed by atoms with Gasteiger partial charge < -0.3 is 5.32 Å². The third-order valence-corrected chi connectivity index (χ3v) is 8.16. The summed E-state index contributed by atoms with van der Waals surface area (Å²) in [7, 11) is 0. The zero-order chi connectivity index (χ0) is 24.8. The van der Waals surface area contributed by atoms with E-state index in [1.165, 1.54) is 49.9 Å². The van der Waals surface area contributed by atoms with Crippen LogP contribution in [0.4, 0.5) is 5.69 Å². The highest BCUT2D eigenvalue weighted by Gasteiger charge is 2.47. The number of rotatable bonds is 4. The molecule has 5 aromatic carbocycles. The zero-order valence-corrected chi connectivity index (χ0v) is 21.0. The first-order valence-electron chi connectivity index (χ1n) is 13.2. The van der Waals surface area contributed by atoms with Gasteiger partial charge in [0.1, 0.15) is 0 Å². The van der Waals surface area contributed by atoms with Gasteiger partial charge in [0.05, 0.1) is 5.41 Å². The lowest BCUT2D eigenvalue weighted by atomic mass is 9.65. The van der Waals surface area contributed by atoms with Gasteiger partial charge in [0.2, 0.25) is 0 Å². The van der Waals surface area contributed by atoms with Gasteiger partial charge in [-0.3, -0.25) is 0 Å². The van der Waals surface area contributed by atoms with Gasteiger partial charge in [0, 0.05) is 11.4 Å². The van der Waals surface area contributed by atoms with Crippen molar-refractivity contribution in [2.24, 2.45) is 5.92 Å². The Morgan fingerprint density at radius 3 is 2.00 bits per heavy atom. The maximum absolute atomic E-state index is 3.75. The van der Waals surface area contributed by atoms with Gasteiger partial charge in [-0.25, -0.2) is 0 Å². The Kier molecular flexibility index (Phi) is 5.11. The van der Waals surface area contributed by atoms with E-state index in [2.05, 4.69) is 146 Å². The molecular formula is C36H29N. The molecular weight excluding hydrogens is 446 g/mol. The van der Waals surface area contributed by atoms with Crippen molar-refractivity contribution in [3.63, 3.8) is 0 Å². The topological polar surface area (TPSA) is 12.0 Å². The monoisotopic (exact) mass is 475 g/mol. The van der Waals surface area contributed by atoms with Crippen LogP contribution in [0.5, 0.6) is 0 Å². The Labute approximate surface area is 218 Å². The summed E-state index contributed by atoms with van der Waals surface area (Å²) in [5.74, 6) is 0.421. The first kappa shape index (κ1) is 21.9. The van der Waals surface area contributed by atoms with E-state index in [9.17, 15) is 0 Å². The fourth-order valence-corrected chi connectivity index (χ4v) is 6.35. The lowest BCUT2D eigenvalue weighted by molar-refractivity contribution is 0.658. The van der Waals surface area contributed by atoms with Gasteiger partial charge in [-0.15, -0.1) is 0 Å². The van der Waals surface area contributed by atoms with Gasteiger partial charge in [-0.2, -0.15) is 0 Å². The average Bonchev–Trinajstić information content (AvgIpc) is 3.26. The molecule has 1 N–H and O–H groups in total. The molecule has 5 aromatic rings. The molecule has 0 aromatic heterocycles. The number of hydrogen-bond acceptors (Lipinski definition) is 1. The molecule has 1 unspecified atom stereocenters. The molecule has 178 valence electrons. The van der Waals surface area contributed by atoms with Crippen LogP contribution in [0.25, 0.3) is 21.9 Å². The maximum atomic E-state index is 3.75. The standard InChI is InChI=1S/C36H29N/c1-25-19-21-29(24-35(25)37-30-13-3-2-4-14-30)36(28-22-20-26-11-5-6-12-27(26)23-28)33-17-9-7-15-31(33)32-16-8-10-18-34(32)36/h2-18,20-25,37H,19H2,1H3. The Hall–Kier alpha value is -4.36. The summed E-state index contributed by atoms with van der Waals surface area (Å²) in [6.07, 6.45) is 5.91. The highest BCUT2D eigenvalue weighted by atomic mass is 14.9. The van der Waals surface area contributed by atoms with Crippen LogP contribution in [-0.2, 0) is 5.41 Å². The molecule has 0 amide bonds. The Bertz CT molecular complexity index is 1640. The van der Waals surface area contributed by atoms with Crippen LogP contribution in [0.2, 0.25) is 0 Å². The Balaban J connectivity index is 1.51. The van der Waals surface area contributed by atoms with E-state index in [0.717, 1.165) is 12.1 Å². The number of hydrogen-bond donors (Lipinski definition) is 1. The second-order valence-corrected chi connectivity index (χ2v) is 10.3. The minimum absolute atomic E-state index is 0.374. The molecule has 1 atom stereocenters. The number of anilines is 1. The number of nitrogens with one attached hydrogen (secondary N) is 1. The van der Waals surface area contributed by atoms with Crippen molar-refractivity contribution in [1.29, 1.82) is 0 Å². The third kappa shape index (κ3) is 3.38. The van der Waals surface area contributed by atoms with Crippen molar-refractivity contribution in [2.45, 2.75) is 18.8 Å². The second kappa shape index (κ2) is 8.64. The average molecular weight is 476 g/mol. The third-order valence-electron chi connectivity index (χ3n) is 8.16. The van der Waals surface area contributed by atoms with E-state index < -0.39 is 0 Å². The quantitative estimate of drug-likeness (QED) is 0.273. The summed E-state index contributed by atoms with van der Waals surface area (Å²) < 4.78 is 0. The van der Waals surface area contributed by atoms with Crippen LogP contribution in [-0.4, -0.2) is 0 Å². The van der Waals surface area contributed by atoms with Crippen molar-refractivity contribution < 1.29 is 0 Å². The fraction of sp³-hybridized carbons (Fsp3) is 0.111. The summed E-state index contributed by atoms with van der Waals surface area (Å²) in [6, 6.07) is 44.2. The molecule has 0 saturated heterocycles. The molecule has 0 spiro atoms. The lowest BCUT2D eigenvalue weighted by Gasteiger charge is -2.37. The van der Waals surface area contributed by atoms with Crippen molar-refractivity contribution >= 4 is 16.5 Å². The van der Waals surface area contributed by atoms with E-state index in [4.69, 9.17) is 0 Å². The second-order valence-electron chi connectivity index (χ2n) is 10.3. The Morgan fingerprint density at radius 1 is 0.649 bits per heavy atom. The molecule has 0 heterocycles. The van der Waals surface area contributed by atoms with Gasteiger partial charge in [0.15, 0.2) is 0 Å². The van der Waals surface area contributed by atoms with Crippen molar-refractivity contribution in [3.8, 4) is 11.1 Å². The van der Waals surface area contributed by atoms with Crippen LogP contribution in [0.1, 0.15) is 30.0 Å². The summed E-state index contributed by atoms with van der Waals surface area (Å²) in [4.78, 5) is 0. The van der Waals surface area contributed by atoms with Gasteiger partial charge >= 0.3 is 0 Å². The molecule has 1 heteroatoms. The summed E-state index contributed by atoms with van der Waals surface area (Å²) >= 11 is 0.